The molecule has 0 unspecified atom stereocenters. The van der Waals surface area contributed by atoms with Crippen molar-refractivity contribution in [1.29, 1.82) is 0 Å². The van der Waals surface area contributed by atoms with Gasteiger partial charge in [-0.05, 0) is 47.0 Å². The molecule has 0 heterocycles. The van der Waals surface area contributed by atoms with Crippen LogP contribution in [-0.4, -0.2) is 24.8 Å². The summed E-state index contributed by atoms with van der Waals surface area (Å²) < 4.78 is 6.70. The maximum absolute atomic E-state index is 12.4. The number of fused-ring (bicyclic) bond motifs is 1. The molecule has 138 valence electrons. The highest BCUT2D eigenvalue weighted by molar-refractivity contribution is 9.10. The first-order valence-corrected chi connectivity index (χ1v) is 9.49. The number of hydrogen-bond donors (Lipinski definition) is 1. The Labute approximate surface area is 166 Å². The number of Topliss-reactive ketones (excluding diaryl/α,β-unsaturated/α-hetero) is 1. The lowest BCUT2D eigenvalue weighted by molar-refractivity contribution is -0.118. The van der Waals surface area contributed by atoms with E-state index in [0.717, 1.165) is 27.2 Å². The molecule has 0 aromatic heterocycles. The van der Waals surface area contributed by atoms with E-state index in [-0.39, 0.29) is 18.3 Å². The molecule has 0 aliphatic rings. The van der Waals surface area contributed by atoms with Crippen molar-refractivity contribution in [2.75, 3.05) is 13.2 Å². The Hall–Kier alpha value is -2.66. The van der Waals surface area contributed by atoms with Crippen molar-refractivity contribution in [3.05, 3.63) is 76.3 Å². The summed E-state index contributed by atoms with van der Waals surface area (Å²) in [6.45, 7) is 2.08. The van der Waals surface area contributed by atoms with E-state index in [9.17, 15) is 9.59 Å². The second-order valence-corrected chi connectivity index (χ2v) is 7.21. The van der Waals surface area contributed by atoms with Crippen LogP contribution >= 0.6 is 15.9 Å². The number of hydrogen-bond acceptors (Lipinski definition) is 3. The Morgan fingerprint density at radius 1 is 0.963 bits per heavy atom. The zero-order valence-corrected chi connectivity index (χ0v) is 16.6. The molecule has 27 heavy (non-hydrogen) atoms. The maximum atomic E-state index is 12.4. The van der Waals surface area contributed by atoms with Gasteiger partial charge < -0.3 is 10.1 Å². The first-order valence-electron chi connectivity index (χ1n) is 8.70. The Balaban J connectivity index is 1.57. The van der Waals surface area contributed by atoms with Gasteiger partial charge in [0.25, 0.3) is 0 Å². The quantitative estimate of drug-likeness (QED) is 0.565. The first kappa shape index (κ1) is 19.1. The van der Waals surface area contributed by atoms with Gasteiger partial charge in [-0.2, -0.15) is 0 Å². The van der Waals surface area contributed by atoms with Crippen LogP contribution in [0.15, 0.2) is 65.1 Å². The molecule has 0 radical (unpaired) electrons. The fraction of sp³-hybridized carbons (Fsp3) is 0.182. The Kier molecular flexibility index (Phi) is 6.24. The van der Waals surface area contributed by atoms with Crippen LogP contribution in [0.25, 0.3) is 10.8 Å². The van der Waals surface area contributed by atoms with Gasteiger partial charge in [-0.15, -0.1) is 0 Å². The third-order valence-electron chi connectivity index (χ3n) is 4.21. The lowest BCUT2D eigenvalue weighted by Gasteiger charge is -2.08. The summed E-state index contributed by atoms with van der Waals surface area (Å²) in [7, 11) is 0. The van der Waals surface area contributed by atoms with Gasteiger partial charge >= 0.3 is 0 Å². The number of amides is 1. The van der Waals surface area contributed by atoms with Gasteiger partial charge in [-0.25, -0.2) is 0 Å². The number of carbonyl (C=O) groups is 2. The fourth-order valence-electron chi connectivity index (χ4n) is 2.76. The van der Waals surface area contributed by atoms with E-state index in [0.29, 0.717) is 17.9 Å². The molecule has 0 bridgehead atoms. The SMILES string of the molecule is CC(=O)NCCc1ccc(C(=O)COc2ccc3cc(Br)ccc3c2)cc1. The van der Waals surface area contributed by atoms with Crippen molar-refractivity contribution in [1.82, 2.24) is 5.32 Å². The molecule has 4 nitrogen and oxygen atoms in total. The minimum absolute atomic E-state index is 0.00667. The van der Waals surface area contributed by atoms with Gasteiger partial charge in [0.2, 0.25) is 5.91 Å². The maximum Gasteiger partial charge on any atom is 0.216 e. The lowest BCUT2D eigenvalue weighted by Crippen LogP contribution is -2.22. The molecule has 0 fully saturated rings. The topological polar surface area (TPSA) is 55.4 Å². The standard InChI is InChI=1S/C22H20BrNO3/c1-15(25)24-11-10-16-2-4-17(5-3-16)22(26)14-27-21-9-7-18-12-20(23)8-6-19(18)13-21/h2-9,12-13H,10-11,14H2,1H3,(H,24,25). The molecule has 0 saturated carbocycles. The Morgan fingerprint density at radius 2 is 1.67 bits per heavy atom. The summed E-state index contributed by atoms with van der Waals surface area (Å²) in [6.07, 6.45) is 0.734. The summed E-state index contributed by atoms with van der Waals surface area (Å²) >= 11 is 3.46. The van der Waals surface area contributed by atoms with E-state index < -0.39 is 0 Å². The number of ether oxygens (including phenoxy) is 1. The summed E-state index contributed by atoms with van der Waals surface area (Å²) in [5, 5.41) is 4.93. The zero-order valence-electron chi connectivity index (χ0n) is 15.0. The molecule has 0 saturated heterocycles. The van der Waals surface area contributed by atoms with Crippen LogP contribution in [0.2, 0.25) is 0 Å². The predicted octanol–water partition coefficient (Wildman–Crippen LogP) is 4.54. The molecule has 1 amide bonds. The highest BCUT2D eigenvalue weighted by atomic mass is 79.9. The fourth-order valence-corrected chi connectivity index (χ4v) is 3.14. The average Bonchev–Trinajstić information content (AvgIpc) is 2.66. The van der Waals surface area contributed by atoms with E-state index in [1.807, 2.05) is 48.5 Å². The van der Waals surface area contributed by atoms with Gasteiger partial charge in [-0.3, -0.25) is 9.59 Å². The molecule has 3 rings (SSSR count). The summed E-state index contributed by atoms with van der Waals surface area (Å²) in [4.78, 5) is 23.2. The van der Waals surface area contributed by atoms with Crippen molar-refractivity contribution in [3.63, 3.8) is 0 Å². The van der Waals surface area contributed by atoms with Gasteiger partial charge in [0.1, 0.15) is 5.75 Å². The molecule has 0 spiro atoms. The van der Waals surface area contributed by atoms with E-state index in [2.05, 4.69) is 21.2 Å². The molecule has 3 aromatic rings. The molecule has 1 N–H and O–H groups in total. The number of rotatable bonds is 7. The smallest absolute Gasteiger partial charge is 0.216 e. The molecule has 5 heteroatoms. The van der Waals surface area contributed by atoms with Gasteiger partial charge in [0.05, 0.1) is 0 Å². The minimum Gasteiger partial charge on any atom is -0.485 e. The van der Waals surface area contributed by atoms with Crippen LogP contribution in [0, 0.1) is 0 Å². The number of halogens is 1. The van der Waals surface area contributed by atoms with Crippen LogP contribution in [0.4, 0.5) is 0 Å². The van der Waals surface area contributed by atoms with Crippen molar-refractivity contribution >= 4 is 38.4 Å². The van der Waals surface area contributed by atoms with Gasteiger partial charge in [-0.1, -0.05) is 52.3 Å². The molecule has 3 aromatic carbocycles. The zero-order chi connectivity index (χ0) is 19.2. The molecule has 0 aliphatic heterocycles. The monoisotopic (exact) mass is 425 g/mol. The average molecular weight is 426 g/mol. The van der Waals surface area contributed by atoms with Crippen LogP contribution in [0.5, 0.6) is 5.75 Å². The van der Waals surface area contributed by atoms with Crippen molar-refractivity contribution in [2.45, 2.75) is 13.3 Å². The number of ketones is 1. The number of nitrogens with one attached hydrogen (secondary N) is 1. The van der Waals surface area contributed by atoms with E-state index in [4.69, 9.17) is 4.74 Å². The first-order chi connectivity index (χ1) is 13.0. The summed E-state index contributed by atoms with van der Waals surface area (Å²) in [5.41, 5.74) is 1.69. The van der Waals surface area contributed by atoms with Crippen LogP contribution in [0.3, 0.4) is 0 Å². The second kappa shape index (κ2) is 8.82. The Bertz CT molecular complexity index is 967. The molecule has 0 atom stereocenters. The second-order valence-electron chi connectivity index (χ2n) is 6.30. The van der Waals surface area contributed by atoms with E-state index >= 15 is 0 Å². The van der Waals surface area contributed by atoms with Crippen molar-refractivity contribution < 1.29 is 14.3 Å². The van der Waals surface area contributed by atoms with Crippen LogP contribution in [-0.2, 0) is 11.2 Å². The third-order valence-corrected chi connectivity index (χ3v) is 4.70. The largest absolute Gasteiger partial charge is 0.485 e. The molecule has 0 aliphatic carbocycles. The minimum atomic E-state index is -0.0701. The summed E-state index contributed by atoms with van der Waals surface area (Å²) in [5.74, 6) is 0.560. The predicted molar refractivity (Wildman–Crippen MR) is 110 cm³/mol. The van der Waals surface area contributed by atoms with E-state index in [1.54, 1.807) is 12.1 Å². The molecular weight excluding hydrogens is 406 g/mol. The van der Waals surface area contributed by atoms with Crippen LogP contribution in [0.1, 0.15) is 22.8 Å². The lowest BCUT2D eigenvalue weighted by atomic mass is 10.1. The molecular formula is C22H20BrNO3. The number of benzene rings is 3. The number of carbonyl (C=O) groups excluding carboxylic acids is 2. The third kappa shape index (κ3) is 5.41. The van der Waals surface area contributed by atoms with Crippen LogP contribution < -0.4 is 10.1 Å². The van der Waals surface area contributed by atoms with Gasteiger partial charge in [0.15, 0.2) is 12.4 Å². The normalized spacial score (nSPS) is 10.6. The Morgan fingerprint density at radius 3 is 2.41 bits per heavy atom. The van der Waals surface area contributed by atoms with Crippen molar-refractivity contribution in [2.24, 2.45) is 0 Å². The highest BCUT2D eigenvalue weighted by Crippen LogP contribution is 2.24. The van der Waals surface area contributed by atoms with Gasteiger partial charge in [0, 0.05) is 23.5 Å². The highest BCUT2D eigenvalue weighted by Gasteiger charge is 2.08. The van der Waals surface area contributed by atoms with Crippen molar-refractivity contribution in [3.8, 4) is 5.75 Å². The van der Waals surface area contributed by atoms with E-state index in [1.165, 1.54) is 6.92 Å². The summed E-state index contributed by atoms with van der Waals surface area (Å²) in [6, 6.07) is 19.2.